The standard InChI is InChI=1S/C10H6BrClO3/c1-14-6-4-2-3-5-8(12)7(11)10(13)15-9(5)6/h2-4H,1H3. The highest BCUT2D eigenvalue weighted by atomic mass is 79.9. The molecule has 0 aliphatic carbocycles. The molecule has 0 unspecified atom stereocenters. The van der Waals surface area contributed by atoms with E-state index in [-0.39, 0.29) is 4.47 Å². The van der Waals surface area contributed by atoms with Gasteiger partial charge < -0.3 is 9.15 Å². The van der Waals surface area contributed by atoms with E-state index in [1.165, 1.54) is 7.11 Å². The molecule has 0 spiro atoms. The molecular formula is C10H6BrClO3. The van der Waals surface area contributed by atoms with Gasteiger partial charge in [-0.25, -0.2) is 4.79 Å². The van der Waals surface area contributed by atoms with Gasteiger partial charge in [0.05, 0.1) is 12.1 Å². The molecule has 5 heteroatoms. The van der Waals surface area contributed by atoms with Crippen LogP contribution in [-0.2, 0) is 0 Å². The van der Waals surface area contributed by atoms with Gasteiger partial charge in [0.25, 0.3) is 0 Å². The van der Waals surface area contributed by atoms with Gasteiger partial charge in [-0.05, 0) is 28.1 Å². The van der Waals surface area contributed by atoms with Gasteiger partial charge in [-0.2, -0.15) is 0 Å². The number of methoxy groups -OCH3 is 1. The van der Waals surface area contributed by atoms with Crippen LogP contribution in [0.25, 0.3) is 11.0 Å². The molecule has 0 saturated carbocycles. The van der Waals surface area contributed by atoms with Crippen molar-refractivity contribution in [3.8, 4) is 5.75 Å². The molecule has 0 aliphatic heterocycles. The molecule has 2 aromatic rings. The highest BCUT2D eigenvalue weighted by Gasteiger charge is 2.13. The number of rotatable bonds is 1. The van der Waals surface area contributed by atoms with Gasteiger partial charge >= 0.3 is 5.63 Å². The summed E-state index contributed by atoms with van der Waals surface area (Å²) in [6.45, 7) is 0. The van der Waals surface area contributed by atoms with Crippen molar-refractivity contribution in [1.29, 1.82) is 0 Å². The van der Waals surface area contributed by atoms with Gasteiger partial charge in [0.2, 0.25) is 0 Å². The Balaban J connectivity index is 2.98. The Labute approximate surface area is 98.7 Å². The lowest BCUT2D eigenvalue weighted by Crippen LogP contribution is -2.01. The van der Waals surface area contributed by atoms with Crippen molar-refractivity contribution in [1.82, 2.24) is 0 Å². The average molecular weight is 290 g/mol. The summed E-state index contributed by atoms with van der Waals surface area (Å²) in [5.41, 5.74) is -0.157. The summed E-state index contributed by atoms with van der Waals surface area (Å²) in [4.78, 5) is 11.4. The van der Waals surface area contributed by atoms with Gasteiger partial charge in [0, 0.05) is 5.39 Å². The van der Waals surface area contributed by atoms with E-state index in [2.05, 4.69) is 15.9 Å². The van der Waals surface area contributed by atoms with E-state index < -0.39 is 5.63 Å². The molecular weight excluding hydrogens is 283 g/mol. The van der Waals surface area contributed by atoms with Gasteiger partial charge in [0.15, 0.2) is 11.3 Å². The van der Waals surface area contributed by atoms with Gasteiger partial charge in [0.1, 0.15) is 4.47 Å². The first-order valence-electron chi connectivity index (χ1n) is 4.10. The fourth-order valence-corrected chi connectivity index (χ4v) is 1.82. The Morgan fingerprint density at radius 3 is 2.87 bits per heavy atom. The molecule has 0 saturated heterocycles. The predicted molar refractivity (Wildman–Crippen MR) is 61.7 cm³/mol. The molecule has 1 aromatic carbocycles. The van der Waals surface area contributed by atoms with Crippen LogP contribution >= 0.6 is 27.5 Å². The topological polar surface area (TPSA) is 39.4 Å². The Morgan fingerprint density at radius 2 is 2.20 bits per heavy atom. The van der Waals surface area contributed by atoms with Gasteiger partial charge in [-0.1, -0.05) is 17.7 Å². The first kappa shape index (κ1) is 10.5. The van der Waals surface area contributed by atoms with Crippen molar-refractivity contribution < 1.29 is 9.15 Å². The summed E-state index contributed by atoms with van der Waals surface area (Å²) in [5, 5.41) is 0.975. The number of halogens is 2. The lowest BCUT2D eigenvalue weighted by Gasteiger charge is -2.05. The van der Waals surface area contributed by atoms with E-state index in [4.69, 9.17) is 20.8 Å². The summed E-state index contributed by atoms with van der Waals surface area (Å²) in [6, 6.07) is 5.24. The maximum absolute atomic E-state index is 11.4. The molecule has 15 heavy (non-hydrogen) atoms. The second-order valence-corrected chi connectivity index (χ2v) is 4.03. The van der Waals surface area contributed by atoms with Crippen molar-refractivity contribution in [2.45, 2.75) is 0 Å². The molecule has 0 fully saturated rings. The first-order chi connectivity index (χ1) is 7.15. The SMILES string of the molecule is COc1cccc2c(Cl)c(Br)c(=O)oc12. The van der Waals surface area contributed by atoms with Gasteiger partial charge in [-0.3, -0.25) is 0 Å². The zero-order valence-corrected chi connectivity index (χ0v) is 10.1. The minimum Gasteiger partial charge on any atom is -0.493 e. The smallest absolute Gasteiger partial charge is 0.352 e. The monoisotopic (exact) mass is 288 g/mol. The summed E-state index contributed by atoms with van der Waals surface area (Å²) >= 11 is 9.07. The molecule has 1 aromatic heterocycles. The molecule has 2 rings (SSSR count). The van der Waals surface area contributed by atoms with E-state index in [1.807, 2.05) is 0 Å². The fraction of sp³-hybridized carbons (Fsp3) is 0.100. The fourth-order valence-electron chi connectivity index (χ4n) is 1.30. The summed E-state index contributed by atoms with van der Waals surface area (Å²) in [5.74, 6) is 0.485. The van der Waals surface area contributed by atoms with Crippen LogP contribution in [0.1, 0.15) is 0 Å². The normalized spacial score (nSPS) is 10.6. The Hall–Kier alpha value is -1.00. The average Bonchev–Trinajstić information content (AvgIpc) is 2.25. The third-order valence-electron chi connectivity index (χ3n) is 2.00. The molecule has 3 nitrogen and oxygen atoms in total. The molecule has 0 N–H and O–H groups in total. The summed E-state index contributed by atoms with van der Waals surface area (Å²) < 4.78 is 10.4. The Morgan fingerprint density at radius 1 is 1.47 bits per heavy atom. The first-order valence-corrected chi connectivity index (χ1v) is 5.27. The lowest BCUT2D eigenvalue weighted by atomic mass is 10.2. The largest absolute Gasteiger partial charge is 0.493 e. The highest BCUT2D eigenvalue weighted by molar-refractivity contribution is 9.10. The van der Waals surface area contributed by atoms with E-state index >= 15 is 0 Å². The van der Waals surface area contributed by atoms with Crippen LogP contribution in [0.15, 0.2) is 31.9 Å². The maximum Gasteiger partial charge on any atom is 0.352 e. The Kier molecular flexibility index (Phi) is 2.71. The second kappa shape index (κ2) is 3.87. The quantitative estimate of drug-likeness (QED) is 0.757. The van der Waals surface area contributed by atoms with Crippen LogP contribution in [0, 0.1) is 0 Å². The molecule has 0 aliphatic rings. The van der Waals surface area contributed by atoms with E-state index in [9.17, 15) is 4.79 Å². The molecule has 0 amide bonds. The molecule has 1 heterocycles. The van der Waals surface area contributed by atoms with Crippen LogP contribution < -0.4 is 10.4 Å². The minimum absolute atomic E-state index is 0.227. The van der Waals surface area contributed by atoms with E-state index in [0.29, 0.717) is 21.7 Å². The number of fused-ring (bicyclic) bond motifs is 1. The van der Waals surface area contributed by atoms with Crippen molar-refractivity contribution in [2.75, 3.05) is 7.11 Å². The maximum atomic E-state index is 11.4. The van der Waals surface area contributed by atoms with E-state index in [1.54, 1.807) is 18.2 Å². The lowest BCUT2D eigenvalue weighted by molar-refractivity contribution is 0.406. The summed E-state index contributed by atoms with van der Waals surface area (Å²) in [6.07, 6.45) is 0. The van der Waals surface area contributed by atoms with Crippen molar-refractivity contribution in [2.24, 2.45) is 0 Å². The number of hydrogen-bond donors (Lipinski definition) is 0. The Bertz CT molecular complexity index is 577. The molecule has 78 valence electrons. The molecule has 0 radical (unpaired) electrons. The number of benzene rings is 1. The summed E-state index contributed by atoms with van der Waals surface area (Å²) in [7, 11) is 1.50. The number of ether oxygens (including phenoxy) is 1. The zero-order valence-electron chi connectivity index (χ0n) is 7.71. The van der Waals surface area contributed by atoms with Gasteiger partial charge in [-0.15, -0.1) is 0 Å². The number of hydrogen-bond acceptors (Lipinski definition) is 3. The second-order valence-electron chi connectivity index (χ2n) is 2.85. The van der Waals surface area contributed by atoms with Crippen molar-refractivity contribution >= 4 is 38.5 Å². The number of para-hydroxylation sites is 1. The van der Waals surface area contributed by atoms with Crippen molar-refractivity contribution in [3.05, 3.63) is 38.1 Å². The van der Waals surface area contributed by atoms with Crippen LogP contribution in [0.5, 0.6) is 5.75 Å². The molecule has 0 bridgehead atoms. The minimum atomic E-state index is -0.517. The third kappa shape index (κ3) is 1.64. The third-order valence-corrected chi connectivity index (χ3v) is 3.34. The zero-order chi connectivity index (χ0) is 11.0. The van der Waals surface area contributed by atoms with Crippen LogP contribution in [0.3, 0.4) is 0 Å². The van der Waals surface area contributed by atoms with Crippen LogP contribution in [0.2, 0.25) is 5.02 Å². The van der Waals surface area contributed by atoms with Crippen LogP contribution in [0.4, 0.5) is 0 Å². The molecule has 0 atom stereocenters. The predicted octanol–water partition coefficient (Wildman–Crippen LogP) is 3.22. The van der Waals surface area contributed by atoms with Crippen molar-refractivity contribution in [3.63, 3.8) is 0 Å². The van der Waals surface area contributed by atoms with E-state index in [0.717, 1.165) is 0 Å². The highest BCUT2D eigenvalue weighted by Crippen LogP contribution is 2.32. The van der Waals surface area contributed by atoms with Crippen LogP contribution in [-0.4, -0.2) is 7.11 Å².